The van der Waals surface area contributed by atoms with Crippen LogP contribution in [0.15, 0.2) is 23.0 Å². The van der Waals surface area contributed by atoms with Gasteiger partial charge >= 0.3 is 6.36 Å². The van der Waals surface area contributed by atoms with Crippen LogP contribution in [0.1, 0.15) is 0 Å². The molecule has 0 radical (unpaired) electrons. The minimum atomic E-state index is -4.81. The smallest absolute Gasteiger partial charge is 0.405 e. The first-order chi connectivity index (χ1) is 6.97. The van der Waals surface area contributed by atoms with Crippen molar-refractivity contribution < 1.29 is 17.9 Å². The lowest BCUT2D eigenvalue weighted by Crippen LogP contribution is -2.18. The van der Waals surface area contributed by atoms with Gasteiger partial charge < -0.3 is 4.74 Å². The zero-order valence-electron chi connectivity index (χ0n) is 7.18. The van der Waals surface area contributed by atoms with Crippen molar-refractivity contribution >= 4 is 10.9 Å². The molecule has 0 saturated carbocycles. The van der Waals surface area contributed by atoms with Gasteiger partial charge in [-0.1, -0.05) is 6.07 Å². The maximum atomic E-state index is 12.0. The Labute approximate surface area is 80.6 Å². The lowest BCUT2D eigenvalue weighted by molar-refractivity contribution is -0.274. The van der Waals surface area contributed by atoms with Crippen LogP contribution in [-0.4, -0.2) is 16.6 Å². The summed E-state index contributed by atoms with van der Waals surface area (Å²) in [6.45, 7) is 0. The van der Waals surface area contributed by atoms with Crippen molar-refractivity contribution in [3.8, 4) is 5.75 Å². The molecule has 2 rings (SSSR count). The summed E-state index contributed by atoms with van der Waals surface area (Å²) in [7, 11) is 0. The number of benzene rings is 1. The normalized spacial score (nSPS) is 11.9. The van der Waals surface area contributed by atoms with E-state index in [1.165, 1.54) is 12.1 Å². The van der Waals surface area contributed by atoms with Gasteiger partial charge in [-0.2, -0.15) is 0 Å². The van der Waals surface area contributed by atoms with Crippen molar-refractivity contribution in [3.05, 3.63) is 28.6 Å². The van der Waals surface area contributed by atoms with Crippen molar-refractivity contribution in [1.82, 2.24) is 10.2 Å². The van der Waals surface area contributed by atoms with Gasteiger partial charge in [-0.3, -0.25) is 15.0 Å². The molecule has 7 heteroatoms. The van der Waals surface area contributed by atoms with E-state index in [2.05, 4.69) is 14.9 Å². The summed E-state index contributed by atoms with van der Waals surface area (Å²) in [6.07, 6.45) is -4.81. The molecule has 15 heavy (non-hydrogen) atoms. The van der Waals surface area contributed by atoms with E-state index in [9.17, 15) is 18.0 Å². The third-order valence-electron chi connectivity index (χ3n) is 1.79. The first kappa shape index (κ1) is 9.63. The van der Waals surface area contributed by atoms with Crippen LogP contribution < -0.4 is 10.3 Å². The van der Waals surface area contributed by atoms with Crippen LogP contribution in [0.5, 0.6) is 5.75 Å². The first-order valence-electron chi connectivity index (χ1n) is 3.92. The molecule has 0 spiro atoms. The molecule has 80 valence electrons. The molecule has 0 aliphatic rings. The molecule has 0 fully saturated rings. The average Bonchev–Trinajstić information content (AvgIpc) is 2.46. The SMILES string of the molecule is O=c1[nH][nH]c2cccc(OC(F)(F)F)c12. The van der Waals surface area contributed by atoms with Gasteiger partial charge in [-0.05, 0) is 12.1 Å². The van der Waals surface area contributed by atoms with Gasteiger partial charge in [-0.15, -0.1) is 13.2 Å². The minimum absolute atomic E-state index is 0.144. The zero-order chi connectivity index (χ0) is 11.1. The summed E-state index contributed by atoms with van der Waals surface area (Å²) >= 11 is 0. The highest BCUT2D eigenvalue weighted by atomic mass is 19.4. The Bertz CT molecular complexity index is 541. The number of hydrogen-bond donors (Lipinski definition) is 2. The highest BCUT2D eigenvalue weighted by molar-refractivity contribution is 5.84. The van der Waals surface area contributed by atoms with Crippen molar-refractivity contribution in [2.45, 2.75) is 6.36 Å². The summed E-state index contributed by atoms with van der Waals surface area (Å²) in [4.78, 5) is 11.2. The fourth-order valence-corrected chi connectivity index (χ4v) is 1.27. The predicted molar refractivity (Wildman–Crippen MR) is 45.6 cm³/mol. The number of hydrogen-bond acceptors (Lipinski definition) is 2. The highest BCUT2D eigenvalue weighted by Crippen LogP contribution is 2.27. The highest BCUT2D eigenvalue weighted by Gasteiger charge is 2.32. The van der Waals surface area contributed by atoms with Crippen LogP contribution in [0, 0.1) is 0 Å². The fourth-order valence-electron chi connectivity index (χ4n) is 1.27. The molecule has 1 aromatic heterocycles. The molecule has 1 heterocycles. The molecule has 2 N–H and O–H groups in total. The number of H-pyrrole nitrogens is 2. The van der Waals surface area contributed by atoms with Gasteiger partial charge in [0.25, 0.3) is 5.56 Å². The van der Waals surface area contributed by atoms with Crippen molar-refractivity contribution in [2.75, 3.05) is 0 Å². The zero-order valence-corrected chi connectivity index (χ0v) is 7.18. The van der Waals surface area contributed by atoms with E-state index in [1.54, 1.807) is 0 Å². The fraction of sp³-hybridized carbons (Fsp3) is 0.125. The van der Waals surface area contributed by atoms with Gasteiger partial charge in [0.1, 0.15) is 11.1 Å². The van der Waals surface area contributed by atoms with E-state index < -0.39 is 17.7 Å². The lowest BCUT2D eigenvalue weighted by Gasteiger charge is -2.08. The van der Waals surface area contributed by atoms with Gasteiger partial charge in [0.15, 0.2) is 0 Å². The number of fused-ring (bicyclic) bond motifs is 1. The van der Waals surface area contributed by atoms with Gasteiger partial charge in [0.2, 0.25) is 0 Å². The van der Waals surface area contributed by atoms with E-state index >= 15 is 0 Å². The van der Waals surface area contributed by atoms with Crippen LogP contribution in [0.25, 0.3) is 10.9 Å². The second-order valence-corrected chi connectivity index (χ2v) is 2.81. The summed E-state index contributed by atoms with van der Waals surface area (Å²) < 4.78 is 39.6. The van der Waals surface area contributed by atoms with Crippen LogP contribution in [0.4, 0.5) is 13.2 Å². The Morgan fingerprint density at radius 3 is 2.60 bits per heavy atom. The van der Waals surface area contributed by atoms with E-state index in [0.29, 0.717) is 0 Å². The molecule has 0 atom stereocenters. The van der Waals surface area contributed by atoms with E-state index in [0.717, 1.165) is 6.07 Å². The Morgan fingerprint density at radius 1 is 1.20 bits per heavy atom. The van der Waals surface area contributed by atoms with Gasteiger partial charge in [0, 0.05) is 0 Å². The lowest BCUT2D eigenvalue weighted by atomic mass is 10.2. The molecule has 0 unspecified atom stereocenters. The Kier molecular flexibility index (Phi) is 1.95. The summed E-state index contributed by atoms with van der Waals surface area (Å²) in [6, 6.07) is 3.91. The maximum Gasteiger partial charge on any atom is 0.573 e. The number of halogens is 3. The monoisotopic (exact) mass is 218 g/mol. The van der Waals surface area contributed by atoms with Crippen LogP contribution in [0.2, 0.25) is 0 Å². The van der Waals surface area contributed by atoms with Crippen molar-refractivity contribution in [2.24, 2.45) is 0 Å². The number of rotatable bonds is 1. The number of ether oxygens (including phenoxy) is 1. The standard InChI is InChI=1S/C8H5F3N2O2/c9-8(10,11)15-5-3-1-2-4-6(5)7(14)13-12-4/h1-3H,(H2,12,13,14). The molecule has 0 saturated heterocycles. The molecular formula is C8H5F3N2O2. The van der Waals surface area contributed by atoms with E-state index in [1.807, 2.05) is 0 Å². The van der Waals surface area contributed by atoms with Crippen molar-refractivity contribution in [3.63, 3.8) is 0 Å². The Balaban J connectivity index is 2.60. The number of nitrogens with one attached hydrogen (secondary N) is 2. The molecule has 1 aromatic carbocycles. The Morgan fingerprint density at radius 2 is 1.93 bits per heavy atom. The molecule has 2 aromatic rings. The Hall–Kier alpha value is -1.92. The van der Waals surface area contributed by atoms with Crippen LogP contribution in [-0.2, 0) is 0 Å². The number of aromatic amines is 2. The molecule has 0 aliphatic heterocycles. The minimum Gasteiger partial charge on any atom is -0.405 e. The summed E-state index contributed by atoms with van der Waals surface area (Å²) in [5.41, 5.74) is -0.383. The second-order valence-electron chi connectivity index (χ2n) is 2.81. The first-order valence-corrected chi connectivity index (χ1v) is 3.92. The summed E-state index contributed by atoms with van der Waals surface area (Å²) in [5, 5.41) is 4.46. The quantitative estimate of drug-likeness (QED) is 0.766. The van der Waals surface area contributed by atoms with Gasteiger partial charge in [0.05, 0.1) is 5.52 Å². The topological polar surface area (TPSA) is 57.9 Å². The van der Waals surface area contributed by atoms with E-state index in [4.69, 9.17) is 0 Å². The van der Waals surface area contributed by atoms with Crippen molar-refractivity contribution in [1.29, 1.82) is 0 Å². The van der Waals surface area contributed by atoms with E-state index in [-0.39, 0.29) is 10.9 Å². The maximum absolute atomic E-state index is 12.0. The third kappa shape index (κ3) is 1.80. The summed E-state index contributed by atoms with van der Waals surface area (Å²) in [5.74, 6) is -0.512. The number of alkyl halides is 3. The molecule has 0 amide bonds. The molecular weight excluding hydrogens is 213 g/mol. The predicted octanol–water partition coefficient (Wildman–Crippen LogP) is 1.75. The molecule has 4 nitrogen and oxygen atoms in total. The van der Waals surface area contributed by atoms with Crippen LogP contribution >= 0.6 is 0 Å². The third-order valence-corrected chi connectivity index (χ3v) is 1.79. The van der Waals surface area contributed by atoms with Crippen LogP contribution in [0.3, 0.4) is 0 Å². The average molecular weight is 218 g/mol. The van der Waals surface area contributed by atoms with Gasteiger partial charge in [-0.25, -0.2) is 0 Å². The molecule has 0 bridgehead atoms. The largest absolute Gasteiger partial charge is 0.573 e. The molecule has 0 aliphatic carbocycles. The number of aromatic nitrogens is 2. The second kappa shape index (κ2) is 3.04.